The first kappa shape index (κ1) is 11.7. The minimum Gasteiger partial charge on any atom is -0.467 e. The first-order valence-electron chi connectivity index (χ1n) is 5.33. The Bertz CT molecular complexity index is 422. The van der Waals surface area contributed by atoms with Crippen molar-refractivity contribution in [1.82, 2.24) is 5.32 Å². The molecule has 0 saturated heterocycles. The molecule has 1 aromatic heterocycles. The van der Waals surface area contributed by atoms with Crippen LogP contribution in [-0.2, 0) is 0 Å². The molecule has 2 rings (SSSR count). The van der Waals surface area contributed by atoms with Crippen LogP contribution in [0.5, 0.6) is 0 Å². The van der Waals surface area contributed by atoms with Crippen molar-refractivity contribution in [2.24, 2.45) is 0 Å². The highest BCUT2D eigenvalue weighted by Crippen LogP contribution is 2.22. The van der Waals surface area contributed by atoms with Gasteiger partial charge in [-0.2, -0.15) is 0 Å². The highest BCUT2D eigenvalue weighted by atomic mass is 127. The van der Waals surface area contributed by atoms with Gasteiger partial charge in [-0.15, -0.1) is 0 Å². The fourth-order valence-electron chi connectivity index (χ4n) is 1.70. The topological polar surface area (TPSA) is 25.2 Å². The molecule has 0 fully saturated rings. The van der Waals surface area contributed by atoms with E-state index in [0.29, 0.717) is 0 Å². The Morgan fingerprint density at radius 2 is 2.00 bits per heavy atom. The Hall–Kier alpha value is -0.810. The van der Waals surface area contributed by atoms with E-state index < -0.39 is 0 Å². The molecular weight excluding hydrogens is 313 g/mol. The van der Waals surface area contributed by atoms with Crippen LogP contribution in [0.1, 0.15) is 24.3 Å². The maximum Gasteiger partial charge on any atom is 0.125 e. The second-order valence-electron chi connectivity index (χ2n) is 3.56. The fourth-order valence-corrected chi connectivity index (χ4v) is 2.06. The molecule has 1 unspecified atom stereocenters. The van der Waals surface area contributed by atoms with Crippen molar-refractivity contribution in [2.45, 2.75) is 13.0 Å². The molecule has 2 aromatic rings. The predicted molar refractivity (Wildman–Crippen MR) is 73.4 cm³/mol. The average molecular weight is 327 g/mol. The second kappa shape index (κ2) is 5.50. The molecule has 1 heterocycles. The number of furan rings is 1. The highest BCUT2D eigenvalue weighted by molar-refractivity contribution is 14.1. The Balaban J connectivity index is 2.29. The molecule has 0 spiro atoms. The lowest BCUT2D eigenvalue weighted by Gasteiger charge is -2.15. The van der Waals surface area contributed by atoms with E-state index in [1.807, 2.05) is 12.1 Å². The average Bonchev–Trinajstić information content (AvgIpc) is 2.81. The zero-order valence-corrected chi connectivity index (χ0v) is 11.3. The third-order valence-electron chi connectivity index (χ3n) is 2.44. The van der Waals surface area contributed by atoms with Crippen molar-refractivity contribution in [3.63, 3.8) is 0 Å². The van der Waals surface area contributed by atoms with Crippen molar-refractivity contribution in [3.8, 4) is 0 Å². The van der Waals surface area contributed by atoms with Crippen molar-refractivity contribution in [2.75, 3.05) is 6.54 Å². The van der Waals surface area contributed by atoms with E-state index in [9.17, 15) is 0 Å². The monoisotopic (exact) mass is 327 g/mol. The van der Waals surface area contributed by atoms with Gasteiger partial charge in [0.15, 0.2) is 0 Å². The summed E-state index contributed by atoms with van der Waals surface area (Å²) < 4.78 is 6.71. The van der Waals surface area contributed by atoms with Crippen LogP contribution in [0.15, 0.2) is 47.1 Å². The van der Waals surface area contributed by atoms with Crippen LogP contribution in [0.3, 0.4) is 0 Å². The van der Waals surface area contributed by atoms with Gasteiger partial charge in [-0.25, -0.2) is 0 Å². The minimum absolute atomic E-state index is 0.150. The molecule has 1 N–H and O–H groups in total. The van der Waals surface area contributed by atoms with E-state index in [1.54, 1.807) is 6.26 Å². The number of halogens is 1. The summed E-state index contributed by atoms with van der Waals surface area (Å²) in [6.45, 7) is 3.01. The SMILES string of the molecule is CCNC(c1ccc(I)cc1)c1ccco1. The number of hydrogen-bond donors (Lipinski definition) is 1. The Morgan fingerprint density at radius 1 is 1.25 bits per heavy atom. The van der Waals surface area contributed by atoms with Gasteiger partial charge in [0.05, 0.1) is 12.3 Å². The zero-order valence-electron chi connectivity index (χ0n) is 9.11. The molecule has 0 aliphatic carbocycles. The van der Waals surface area contributed by atoms with Crippen LogP contribution in [-0.4, -0.2) is 6.54 Å². The molecule has 0 amide bonds. The summed E-state index contributed by atoms with van der Waals surface area (Å²) in [4.78, 5) is 0. The minimum atomic E-state index is 0.150. The van der Waals surface area contributed by atoms with Crippen molar-refractivity contribution < 1.29 is 4.42 Å². The first-order chi connectivity index (χ1) is 7.81. The van der Waals surface area contributed by atoms with Crippen LogP contribution in [0.25, 0.3) is 0 Å². The summed E-state index contributed by atoms with van der Waals surface area (Å²) in [7, 11) is 0. The van der Waals surface area contributed by atoms with Gasteiger partial charge in [0.2, 0.25) is 0 Å². The normalized spacial score (nSPS) is 12.6. The van der Waals surface area contributed by atoms with E-state index in [1.165, 1.54) is 9.13 Å². The van der Waals surface area contributed by atoms with Gasteiger partial charge in [-0.3, -0.25) is 0 Å². The largest absolute Gasteiger partial charge is 0.467 e. The van der Waals surface area contributed by atoms with Gasteiger partial charge in [0, 0.05) is 3.57 Å². The van der Waals surface area contributed by atoms with E-state index in [2.05, 4.69) is 59.1 Å². The van der Waals surface area contributed by atoms with Gasteiger partial charge >= 0.3 is 0 Å². The molecule has 3 heteroatoms. The fraction of sp³-hybridized carbons (Fsp3) is 0.231. The van der Waals surface area contributed by atoms with Crippen molar-refractivity contribution in [3.05, 3.63) is 57.6 Å². The van der Waals surface area contributed by atoms with Crippen LogP contribution in [0.2, 0.25) is 0 Å². The Kier molecular flexibility index (Phi) is 4.01. The zero-order chi connectivity index (χ0) is 11.4. The van der Waals surface area contributed by atoms with Gasteiger partial charge < -0.3 is 9.73 Å². The van der Waals surface area contributed by atoms with Crippen LogP contribution >= 0.6 is 22.6 Å². The van der Waals surface area contributed by atoms with Gasteiger partial charge in [-0.05, 0) is 59.0 Å². The molecule has 84 valence electrons. The Morgan fingerprint density at radius 3 is 2.56 bits per heavy atom. The lowest BCUT2D eigenvalue weighted by molar-refractivity contribution is 0.452. The third kappa shape index (κ3) is 2.65. The molecular formula is C13H14INO. The van der Waals surface area contributed by atoms with E-state index in [-0.39, 0.29) is 6.04 Å². The van der Waals surface area contributed by atoms with E-state index in [0.717, 1.165) is 12.3 Å². The summed E-state index contributed by atoms with van der Waals surface area (Å²) >= 11 is 2.31. The summed E-state index contributed by atoms with van der Waals surface area (Å²) in [5.74, 6) is 0.961. The lowest BCUT2D eigenvalue weighted by Crippen LogP contribution is -2.21. The van der Waals surface area contributed by atoms with Gasteiger partial charge in [-0.1, -0.05) is 19.1 Å². The van der Waals surface area contributed by atoms with E-state index >= 15 is 0 Å². The summed E-state index contributed by atoms with van der Waals surface area (Å²) in [6, 6.07) is 12.6. The maximum absolute atomic E-state index is 5.47. The molecule has 0 aliphatic rings. The smallest absolute Gasteiger partial charge is 0.125 e. The summed E-state index contributed by atoms with van der Waals surface area (Å²) in [6.07, 6.45) is 1.71. The third-order valence-corrected chi connectivity index (χ3v) is 3.16. The van der Waals surface area contributed by atoms with Crippen molar-refractivity contribution >= 4 is 22.6 Å². The molecule has 2 nitrogen and oxygen atoms in total. The molecule has 0 radical (unpaired) electrons. The van der Waals surface area contributed by atoms with Gasteiger partial charge in [0.25, 0.3) is 0 Å². The van der Waals surface area contributed by atoms with Crippen LogP contribution in [0, 0.1) is 3.57 Å². The lowest BCUT2D eigenvalue weighted by atomic mass is 10.0. The quantitative estimate of drug-likeness (QED) is 0.869. The van der Waals surface area contributed by atoms with Crippen LogP contribution in [0.4, 0.5) is 0 Å². The molecule has 0 bridgehead atoms. The van der Waals surface area contributed by atoms with Crippen molar-refractivity contribution in [1.29, 1.82) is 0 Å². The van der Waals surface area contributed by atoms with Gasteiger partial charge in [0.1, 0.15) is 5.76 Å². The second-order valence-corrected chi connectivity index (χ2v) is 4.80. The molecule has 1 aromatic carbocycles. The molecule has 1 atom stereocenters. The first-order valence-corrected chi connectivity index (χ1v) is 6.41. The summed E-state index contributed by atoms with van der Waals surface area (Å²) in [5.41, 5.74) is 1.23. The van der Waals surface area contributed by atoms with E-state index in [4.69, 9.17) is 4.42 Å². The standard InChI is InChI=1S/C13H14INO/c1-2-15-13(12-4-3-9-16-12)10-5-7-11(14)8-6-10/h3-9,13,15H,2H2,1H3. The molecule has 0 saturated carbocycles. The Labute approximate surface area is 109 Å². The predicted octanol–water partition coefficient (Wildman–Crippen LogP) is 3.58. The number of benzene rings is 1. The molecule has 0 aliphatic heterocycles. The number of hydrogen-bond acceptors (Lipinski definition) is 2. The maximum atomic E-state index is 5.47. The highest BCUT2D eigenvalue weighted by Gasteiger charge is 2.14. The van der Waals surface area contributed by atoms with Crippen LogP contribution < -0.4 is 5.32 Å². The molecule has 16 heavy (non-hydrogen) atoms. The summed E-state index contributed by atoms with van der Waals surface area (Å²) in [5, 5.41) is 3.42. The number of nitrogens with one attached hydrogen (secondary N) is 1. The number of rotatable bonds is 4.